The number of carbonyl (C=O) groups is 1. The average Bonchev–Trinajstić information content (AvgIpc) is 2.73. The van der Waals surface area contributed by atoms with Gasteiger partial charge in [0.1, 0.15) is 0 Å². The highest BCUT2D eigenvalue weighted by molar-refractivity contribution is 7.13. The highest BCUT2D eigenvalue weighted by atomic mass is 32.1. The van der Waals surface area contributed by atoms with Gasteiger partial charge in [-0.25, -0.2) is 4.98 Å². The van der Waals surface area contributed by atoms with Crippen LogP contribution in [0.5, 0.6) is 0 Å². The van der Waals surface area contributed by atoms with Gasteiger partial charge in [-0.3, -0.25) is 4.79 Å². The Morgan fingerprint density at radius 2 is 2.25 bits per heavy atom. The van der Waals surface area contributed by atoms with E-state index in [-0.39, 0.29) is 6.42 Å². The third-order valence-corrected chi connectivity index (χ3v) is 2.72. The number of rotatable bonds is 4. The summed E-state index contributed by atoms with van der Waals surface area (Å²) in [5.41, 5.74) is 1.55. The highest BCUT2D eigenvalue weighted by Crippen LogP contribution is 2.22. The van der Waals surface area contributed by atoms with Crippen molar-refractivity contribution in [3.63, 3.8) is 0 Å². The summed E-state index contributed by atoms with van der Waals surface area (Å²) in [6, 6.07) is 7.33. The zero-order chi connectivity index (χ0) is 11.4. The molecule has 0 aliphatic heterocycles. The van der Waals surface area contributed by atoms with E-state index in [1.165, 1.54) is 11.3 Å². The first kappa shape index (κ1) is 10.6. The Bertz CT molecular complexity index is 482. The van der Waals surface area contributed by atoms with Crippen molar-refractivity contribution >= 4 is 28.1 Å². The minimum Gasteiger partial charge on any atom is -0.481 e. The van der Waals surface area contributed by atoms with Crippen LogP contribution in [-0.4, -0.2) is 16.1 Å². The number of carboxylic acids is 1. The summed E-state index contributed by atoms with van der Waals surface area (Å²) in [4.78, 5) is 14.8. The van der Waals surface area contributed by atoms with E-state index in [0.717, 1.165) is 16.4 Å². The molecule has 1 heterocycles. The molecule has 0 unspecified atom stereocenters. The lowest BCUT2D eigenvalue weighted by atomic mass is 10.1. The standard InChI is InChI=1S/C11H10N2O2S/c14-10(15)7-8-3-1-2-4-9(8)13-11-12-5-6-16-11/h1-6H,7H2,(H,12,13)(H,14,15). The minimum atomic E-state index is -0.839. The van der Waals surface area contributed by atoms with E-state index in [2.05, 4.69) is 10.3 Å². The van der Waals surface area contributed by atoms with Gasteiger partial charge >= 0.3 is 5.97 Å². The largest absolute Gasteiger partial charge is 0.481 e. The van der Waals surface area contributed by atoms with Crippen molar-refractivity contribution in [3.05, 3.63) is 41.4 Å². The predicted molar refractivity (Wildman–Crippen MR) is 63.2 cm³/mol. The summed E-state index contributed by atoms with van der Waals surface area (Å²) in [5.74, 6) is -0.839. The topological polar surface area (TPSA) is 62.2 Å². The Hall–Kier alpha value is -1.88. The van der Waals surface area contributed by atoms with E-state index >= 15 is 0 Å². The van der Waals surface area contributed by atoms with Crippen molar-refractivity contribution in [3.8, 4) is 0 Å². The monoisotopic (exact) mass is 234 g/mol. The maximum absolute atomic E-state index is 10.7. The zero-order valence-electron chi connectivity index (χ0n) is 8.38. The third kappa shape index (κ3) is 2.58. The Morgan fingerprint density at radius 3 is 2.94 bits per heavy atom. The average molecular weight is 234 g/mol. The number of anilines is 2. The van der Waals surface area contributed by atoms with Crippen LogP contribution in [0.15, 0.2) is 35.8 Å². The normalized spacial score (nSPS) is 10.0. The number of carboxylic acid groups (broad SMARTS) is 1. The van der Waals surface area contributed by atoms with E-state index < -0.39 is 5.97 Å². The highest BCUT2D eigenvalue weighted by Gasteiger charge is 2.06. The Labute approximate surface area is 96.6 Å². The molecule has 0 fully saturated rings. The quantitative estimate of drug-likeness (QED) is 0.853. The molecule has 82 valence electrons. The van der Waals surface area contributed by atoms with Gasteiger partial charge in [0.15, 0.2) is 5.13 Å². The maximum Gasteiger partial charge on any atom is 0.307 e. The molecule has 0 aliphatic carbocycles. The summed E-state index contributed by atoms with van der Waals surface area (Å²) in [5, 5.41) is 14.5. The number of nitrogens with one attached hydrogen (secondary N) is 1. The first-order chi connectivity index (χ1) is 7.75. The molecular formula is C11H10N2O2S. The minimum absolute atomic E-state index is 0.00848. The molecule has 5 heteroatoms. The molecule has 2 aromatic rings. The van der Waals surface area contributed by atoms with Crippen molar-refractivity contribution in [2.24, 2.45) is 0 Å². The second-order valence-electron chi connectivity index (χ2n) is 3.19. The van der Waals surface area contributed by atoms with Crippen molar-refractivity contribution in [1.29, 1.82) is 0 Å². The van der Waals surface area contributed by atoms with Gasteiger partial charge in [-0.1, -0.05) is 18.2 Å². The number of thiazole rings is 1. The smallest absolute Gasteiger partial charge is 0.307 e. The Balaban J connectivity index is 2.22. The van der Waals surface area contributed by atoms with Crippen LogP contribution < -0.4 is 5.32 Å². The van der Waals surface area contributed by atoms with Gasteiger partial charge in [0.25, 0.3) is 0 Å². The lowest BCUT2D eigenvalue weighted by Crippen LogP contribution is -2.03. The van der Waals surface area contributed by atoms with E-state index in [1.54, 1.807) is 12.3 Å². The summed E-state index contributed by atoms with van der Waals surface area (Å²) >= 11 is 1.48. The second-order valence-corrected chi connectivity index (χ2v) is 4.08. The summed E-state index contributed by atoms with van der Waals surface area (Å²) in [6.45, 7) is 0. The lowest BCUT2D eigenvalue weighted by Gasteiger charge is -2.07. The molecule has 0 saturated carbocycles. The van der Waals surface area contributed by atoms with Crippen molar-refractivity contribution < 1.29 is 9.90 Å². The van der Waals surface area contributed by atoms with Crippen LogP contribution in [-0.2, 0) is 11.2 Å². The molecule has 16 heavy (non-hydrogen) atoms. The van der Waals surface area contributed by atoms with Crippen LogP contribution in [0, 0.1) is 0 Å². The van der Waals surface area contributed by atoms with Gasteiger partial charge in [-0.15, -0.1) is 11.3 Å². The van der Waals surface area contributed by atoms with Crippen LogP contribution >= 0.6 is 11.3 Å². The number of para-hydroxylation sites is 1. The van der Waals surface area contributed by atoms with Gasteiger partial charge in [0.05, 0.1) is 6.42 Å². The molecule has 0 bridgehead atoms. The second kappa shape index (κ2) is 4.76. The number of hydrogen-bond acceptors (Lipinski definition) is 4. The fraction of sp³-hybridized carbons (Fsp3) is 0.0909. The number of hydrogen-bond donors (Lipinski definition) is 2. The molecular weight excluding hydrogens is 224 g/mol. The molecule has 2 rings (SSSR count). The van der Waals surface area contributed by atoms with Gasteiger partial charge in [-0.05, 0) is 11.6 Å². The van der Waals surface area contributed by atoms with Gasteiger partial charge < -0.3 is 10.4 Å². The summed E-state index contributed by atoms with van der Waals surface area (Å²) < 4.78 is 0. The van der Waals surface area contributed by atoms with Crippen LogP contribution in [0.3, 0.4) is 0 Å². The summed E-state index contributed by atoms with van der Waals surface area (Å²) in [7, 11) is 0. The first-order valence-electron chi connectivity index (χ1n) is 4.72. The van der Waals surface area contributed by atoms with Gasteiger partial charge in [0, 0.05) is 17.3 Å². The zero-order valence-corrected chi connectivity index (χ0v) is 9.20. The number of benzene rings is 1. The fourth-order valence-corrected chi connectivity index (χ4v) is 1.90. The molecule has 1 aromatic heterocycles. The van der Waals surface area contributed by atoms with Gasteiger partial charge in [0.2, 0.25) is 0 Å². The van der Waals surface area contributed by atoms with Crippen LogP contribution in [0.1, 0.15) is 5.56 Å². The first-order valence-corrected chi connectivity index (χ1v) is 5.60. The van der Waals surface area contributed by atoms with E-state index in [4.69, 9.17) is 5.11 Å². The molecule has 0 spiro atoms. The predicted octanol–water partition coefficient (Wildman–Crippen LogP) is 2.51. The lowest BCUT2D eigenvalue weighted by molar-refractivity contribution is -0.136. The number of nitrogens with zero attached hydrogens (tertiary/aromatic N) is 1. The summed E-state index contributed by atoms with van der Waals surface area (Å²) in [6.07, 6.45) is 1.71. The van der Waals surface area contributed by atoms with Crippen molar-refractivity contribution in [2.45, 2.75) is 6.42 Å². The fourth-order valence-electron chi connectivity index (χ4n) is 1.36. The molecule has 0 amide bonds. The molecule has 0 saturated heterocycles. The van der Waals surface area contributed by atoms with Crippen molar-refractivity contribution in [2.75, 3.05) is 5.32 Å². The van der Waals surface area contributed by atoms with E-state index in [1.807, 2.05) is 23.6 Å². The number of aromatic nitrogens is 1. The SMILES string of the molecule is O=C(O)Cc1ccccc1Nc1nccs1. The third-order valence-electron chi connectivity index (χ3n) is 2.03. The number of aliphatic carboxylic acids is 1. The molecule has 0 aliphatic rings. The van der Waals surface area contributed by atoms with Crippen LogP contribution in [0.2, 0.25) is 0 Å². The molecule has 0 atom stereocenters. The van der Waals surface area contributed by atoms with Gasteiger partial charge in [-0.2, -0.15) is 0 Å². The van der Waals surface area contributed by atoms with Crippen molar-refractivity contribution in [1.82, 2.24) is 4.98 Å². The molecule has 0 radical (unpaired) electrons. The Morgan fingerprint density at radius 1 is 1.44 bits per heavy atom. The molecule has 2 N–H and O–H groups in total. The molecule has 1 aromatic carbocycles. The van der Waals surface area contributed by atoms with Crippen LogP contribution in [0.25, 0.3) is 0 Å². The Kier molecular flexibility index (Phi) is 3.16. The van der Waals surface area contributed by atoms with Crippen LogP contribution in [0.4, 0.5) is 10.8 Å². The van der Waals surface area contributed by atoms with E-state index in [9.17, 15) is 4.79 Å². The van der Waals surface area contributed by atoms with E-state index in [0.29, 0.717) is 0 Å². The maximum atomic E-state index is 10.7. The molecule has 4 nitrogen and oxygen atoms in total.